The van der Waals surface area contributed by atoms with E-state index < -0.39 is 23.4 Å². The monoisotopic (exact) mass is 575 g/mol. The lowest BCUT2D eigenvalue weighted by atomic mass is 9.64. The summed E-state index contributed by atoms with van der Waals surface area (Å²) in [6, 6.07) is 25.0. The van der Waals surface area contributed by atoms with Crippen molar-refractivity contribution < 1.29 is 23.9 Å². The molecule has 1 aliphatic carbocycles. The summed E-state index contributed by atoms with van der Waals surface area (Å²) in [7, 11) is 3.08. The number of carbonyl (C=O) groups excluding carboxylic acids is 3. The number of hydrogen-bond acceptors (Lipinski definition) is 6. The number of nitrogens with zero attached hydrogens (tertiary/aromatic N) is 1. The Balaban J connectivity index is 1.60. The molecule has 1 spiro atoms. The SMILES string of the molecule is COc1ccc(OC)c([C@H]2[C@@H](C(=O)c3ccccc3Cl)N3c4ccccc4C=C[C@@H]3C23C(=O)c2ccccc2C3=O)c1. The maximum absolute atomic E-state index is 14.9. The van der Waals surface area contributed by atoms with Gasteiger partial charge in [-0.2, -0.15) is 0 Å². The molecule has 2 heterocycles. The average Bonchev–Trinajstić information content (AvgIpc) is 3.46. The summed E-state index contributed by atoms with van der Waals surface area (Å²) in [5, 5.41) is 0.296. The van der Waals surface area contributed by atoms with Gasteiger partial charge in [0.05, 0.1) is 25.3 Å². The van der Waals surface area contributed by atoms with Gasteiger partial charge in [0, 0.05) is 33.9 Å². The standard InChI is InChI=1S/C35H26ClNO5/c1-41-21-16-17-28(42-2)25(19-21)30-31(32(38)24-12-6-7-13-26(24)36)37-27-14-8-3-9-20(27)15-18-29(37)35(30)33(39)22-10-4-5-11-23(22)34(35)40/h3-19,29-31H,1-2H3/t29-,30+,31+/m1/s1. The molecule has 1 fully saturated rings. The first kappa shape index (κ1) is 26.2. The quantitative estimate of drug-likeness (QED) is 0.195. The zero-order valence-electron chi connectivity index (χ0n) is 22.9. The van der Waals surface area contributed by atoms with Gasteiger partial charge in [0.1, 0.15) is 23.0 Å². The fraction of sp³-hybridized carbons (Fsp3) is 0.171. The third-order valence-electron chi connectivity index (χ3n) is 8.89. The van der Waals surface area contributed by atoms with Crippen LogP contribution in [0.4, 0.5) is 5.69 Å². The zero-order valence-corrected chi connectivity index (χ0v) is 23.7. The van der Waals surface area contributed by atoms with E-state index in [0.29, 0.717) is 38.8 Å². The molecule has 0 bridgehead atoms. The minimum absolute atomic E-state index is 0.293. The smallest absolute Gasteiger partial charge is 0.187 e. The van der Waals surface area contributed by atoms with Crippen LogP contribution >= 0.6 is 11.6 Å². The molecule has 0 amide bonds. The van der Waals surface area contributed by atoms with Gasteiger partial charge in [-0.3, -0.25) is 14.4 Å². The number of rotatable bonds is 5. The predicted octanol–water partition coefficient (Wildman–Crippen LogP) is 6.67. The molecule has 7 rings (SSSR count). The number of benzene rings is 4. The van der Waals surface area contributed by atoms with Crippen LogP contribution in [0, 0.1) is 5.41 Å². The number of para-hydroxylation sites is 1. The Kier molecular flexibility index (Phi) is 6.06. The van der Waals surface area contributed by atoms with E-state index in [1.165, 1.54) is 7.11 Å². The van der Waals surface area contributed by atoms with E-state index in [-0.39, 0.29) is 17.3 Å². The highest BCUT2D eigenvalue weighted by molar-refractivity contribution is 6.35. The maximum atomic E-state index is 14.9. The summed E-state index contributed by atoms with van der Waals surface area (Å²) in [5.41, 5.74) is 1.55. The molecule has 0 radical (unpaired) electrons. The van der Waals surface area contributed by atoms with E-state index >= 15 is 0 Å². The average molecular weight is 576 g/mol. The predicted molar refractivity (Wildman–Crippen MR) is 161 cm³/mol. The molecule has 7 heteroatoms. The molecule has 3 atom stereocenters. The molecular weight excluding hydrogens is 550 g/mol. The van der Waals surface area contributed by atoms with Crippen molar-refractivity contribution in [3.8, 4) is 11.5 Å². The fourth-order valence-corrected chi connectivity index (χ4v) is 7.39. The molecule has 2 aliphatic heterocycles. The van der Waals surface area contributed by atoms with Crippen LogP contribution in [0.3, 0.4) is 0 Å². The first-order chi connectivity index (χ1) is 20.4. The summed E-state index contributed by atoms with van der Waals surface area (Å²) in [4.78, 5) is 46.4. The topological polar surface area (TPSA) is 72.9 Å². The summed E-state index contributed by atoms with van der Waals surface area (Å²) in [5.74, 6) is -0.900. The van der Waals surface area contributed by atoms with Crippen molar-refractivity contribution >= 4 is 40.7 Å². The lowest BCUT2D eigenvalue weighted by molar-refractivity contribution is 0.0664. The van der Waals surface area contributed by atoms with Crippen LogP contribution in [-0.4, -0.2) is 43.7 Å². The largest absolute Gasteiger partial charge is 0.497 e. The zero-order chi connectivity index (χ0) is 29.2. The number of ether oxygens (including phenoxy) is 2. The third kappa shape index (κ3) is 3.42. The second kappa shape index (κ2) is 9.71. The van der Waals surface area contributed by atoms with Gasteiger partial charge >= 0.3 is 0 Å². The van der Waals surface area contributed by atoms with Crippen molar-refractivity contribution in [3.05, 3.63) is 130 Å². The molecule has 0 aromatic heterocycles. The molecule has 0 saturated carbocycles. The lowest BCUT2D eigenvalue weighted by Gasteiger charge is -2.37. The molecule has 0 N–H and O–H groups in total. The molecular formula is C35H26ClNO5. The number of hydrogen-bond donors (Lipinski definition) is 0. The normalized spacial score (nSPS) is 21.2. The van der Waals surface area contributed by atoms with Gasteiger partial charge < -0.3 is 14.4 Å². The Morgan fingerprint density at radius 3 is 2.19 bits per heavy atom. The molecule has 4 aromatic carbocycles. The number of Topliss-reactive ketones (excluding diaryl/α,β-unsaturated/α-hetero) is 3. The highest BCUT2D eigenvalue weighted by Crippen LogP contribution is 2.62. The van der Waals surface area contributed by atoms with Gasteiger partial charge in [-0.1, -0.05) is 78.4 Å². The number of methoxy groups -OCH3 is 2. The van der Waals surface area contributed by atoms with E-state index in [9.17, 15) is 14.4 Å². The summed E-state index contributed by atoms with van der Waals surface area (Å²) in [6.45, 7) is 0. The number of carbonyl (C=O) groups is 3. The fourth-order valence-electron chi connectivity index (χ4n) is 7.16. The van der Waals surface area contributed by atoms with Crippen molar-refractivity contribution in [3.63, 3.8) is 0 Å². The summed E-state index contributed by atoms with van der Waals surface area (Å²) in [6.07, 6.45) is 3.83. The van der Waals surface area contributed by atoms with Crippen LogP contribution < -0.4 is 14.4 Å². The first-order valence-electron chi connectivity index (χ1n) is 13.7. The van der Waals surface area contributed by atoms with Crippen LogP contribution in [0.15, 0.2) is 97.1 Å². The Labute approximate surface area is 248 Å². The van der Waals surface area contributed by atoms with E-state index in [1.807, 2.05) is 41.3 Å². The molecule has 6 nitrogen and oxygen atoms in total. The van der Waals surface area contributed by atoms with Gasteiger partial charge in [0.15, 0.2) is 17.3 Å². The number of anilines is 1. The first-order valence-corrected chi connectivity index (χ1v) is 14.1. The molecule has 42 heavy (non-hydrogen) atoms. The lowest BCUT2D eigenvalue weighted by Crippen LogP contribution is -2.48. The Morgan fingerprint density at radius 1 is 0.833 bits per heavy atom. The second-order valence-electron chi connectivity index (χ2n) is 10.7. The number of ketones is 3. The molecule has 208 valence electrons. The van der Waals surface area contributed by atoms with E-state index in [0.717, 1.165) is 11.3 Å². The van der Waals surface area contributed by atoms with Crippen LogP contribution in [0.1, 0.15) is 48.1 Å². The van der Waals surface area contributed by atoms with Crippen LogP contribution in [0.25, 0.3) is 6.08 Å². The van der Waals surface area contributed by atoms with E-state index in [1.54, 1.807) is 73.8 Å². The molecule has 4 aromatic rings. The number of fused-ring (bicyclic) bond motifs is 5. The van der Waals surface area contributed by atoms with Crippen LogP contribution in [-0.2, 0) is 0 Å². The van der Waals surface area contributed by atoms with Crippen LogP contribution in [0.5, 0.6) is 11.5 Å². The Morgan fingerprint density at radius 2 is 1.50 bits per heavy atom. The van der Waals surface area contributed by atoms with Crippen molar-refractivity contribution in [1.29, 1.82) is 0 Å². The van der Waals surface area contributed by atoms with Gasteiger partial charge in [-0.25, -0.2) is 0 Å². The van der Waals surface area contributed by atoms with E-state index in [2.05, 4.69) is 0 Å². The highest BCUT2D eigenvalue weighted by Gasteiger charge is 2.72. The maximum Gasteiger partial charge on any atom is 0.187 e. The van der Waals surface area contributed by atoms with Crippen molar-refractivity contribution in [2.75, 3.05) is 19.1 Å². The Hall–Kier alpha value is -4.68. The molecule has 1 saturated heterocycles. The van der Waals surface area contributed by atoms with E-state index in [4.69, 9.17) is 21.1 Å². The van der Waals surface area contributed by atoms with Crippen molar-refractivity contribution in [2.24, 2.45) is 5.41 Å². The third-order valence-corrected chi connectivity index (χ3v) is 9.22. The minimum atomic E-state index is -1.66. The van der Waals surface area contributed by atoms with Gasteiger partial charge in [-0.05, 0) is 42.0 Å². The molecule has 0 unspecified atom stereocenters. The minimum Gasteiger partial charge on any atom is -0.497 e. The van der Waals surface area contributed by atoms with Crippen molar-refractivity contribution in [2.45, 2.75) is 18.0 Å². The molecule has 3 aliphatic rings. The highest BCUT2D eigenvalue weighted by atomic mass is 35.5. The Bertz CT molecular complexity index is 1790. The summed E-state index contributed by atoms with van der Waals surface area (Å²) >= 11 is 6.62. The van der Waals surface area contributed by atoms with Gasteiger partial charge in [0.2, 0.25) is 0 Å². The number of halogens is 1. The van der Waals surface area contributed by atoms with Crippen LogP contribution in [0.2, 0.25) is 5.02 Å². The van der Waals surface area contributed by atoms with Crippen molar-refractivity contribution in [1.82, 2.24) is 0 Å². The van der Waals surface area contributed by atoms with Gasteiger partial charge in [0.25, 0.3) is 0 Å². The second-order valence-corrected chi connectivity index (χ2v) is 11.1. The summed E-state index contributed by atoms with van der Waals surface area (Å²) < 4.78 is 11.4. The van der Waals surface area contributed by atoms with Gasteiger partial charge in [-0.15, -0.1) is 0 Å².